The molecule has 0 aliphatic heterocycles. The van der Waals surface area contributed by atoms with E-state index in [9.17, 15) is 4.39 Å². The molecule has 84 valence electrons. The van der Waals surface area contributed by atoms with E-state index in [0.29, 0.717) is 6.54 Å². The maximum atomic E-state index is 13.0. The summed E-state index contributed by atoms with van der Waals surface area (Å²) >= 11 is 0. The topological polar surface area (TPSA) is 50.1 Å². The van der Waals surface area contributed by atoms with Crippen molar-refractivity contribution in [3.05, 3.63) is 42.0 Å². The number of hydrogen-bond acceptors (Lipinski definition) is 3. The van der Waals surface area contributed by atoms with Crippen LogP contribution in [0.3, 0.4) is 0 Å². The molecule has 0 amide bonds. The van der Waals surface area contributed by atoms with Gasteiger partial charge in [-0.05, 0) is 17.7 Å². The van der Waals surface area contributed by atoms with Crippen molar-refractivity contribution in [3.63, 3.8) is 0 Å². The Morgan fingerprint density at radius 3 is 2.94 bits per heavy atom. The monoisotopic (exact) mass is 221 g/mol. The van der Waals surface area contributed by atoms with Crippen LogP contribution in [0.4, 0.5) is 10.1 Å². The van der Waals surface area contributed by atoms with Crippen molar-refractivity contribution in [3.8, 4) is 5.75 Å². The molecule has 0 aliphatic carbocycles. The average molecular weight is 221 g/mol. The zero-order chi connectivity index (χ0) is 11.5. The van der Waals surface area contributed by atoms with Crippen LogP contribution in [0.1, 0.15) is 5.56 Å². The molecule has 1 aromatic carbocycles. The standard InChI is InChI=1S/C11H12FN3O/c1-15-7-9(6-14-15)13-5-8-2-3-11(16)10(12)4-8/h2-4,6-7,13,16H,5H2,1H3. The van der Waals surface area contributed by atoms with Crippen LogP contribution < -0.4 is 5.32 Å². The quantitative estimate of drug-likeness (QED) is 0.832. The summed E-state index contributed by atoms with van der Waals surface area (Å²) in [6, 6.07) is 4.32. The van der Waals surface area contributed by atoms with Crippen LogP contribution in [-0.4, -0.2) is 14.9 Å². The number of phenolic OH excluding ortho intramolecular Hbond substituents is 1. The second-order valence-corrected chi connectivity index (χ2v) is 3.54. The van der Waals surface area contributed by atoms with Crippen molar-refractivity contribution in [2.75, 3.05) is 5.32 Å². The van der Waals surface area contributed by atoms with E-state index in [0.717, 1.165) is 11.3 Å². The number of anilines is 1. The lowest BCUT2D eigenvalue weighted by Crippen LogP contribution is -1.98. The normalized spacial score (nSPS) is 10.4. The molecule has 0 saturated carbocycles. The third kappa shape index (κ3) is 2.31. The lowest BCUT2D eigenvalue weighted by molar-refractivity contribution is 0.432. The fraction of sp³-hybridized carbons (Fsp3) is 0.182. The fourth-order valence-electron chi connectivity index (χ4n) is 1.38. The van der Waals surface area contributed by atoms with Gasteiger partial charge in [0.2, 0.25) is 0 Å². The van der Waals surface area contributed by atoms with Gasteiger partial charge in [-0.15, -0.1) is 0 Å². The van der Waals surface area contributed by atoms with E-state index in [2.05, 4.69) is 10.4 Å². The summed E-state index contributed by atoms with van der Waals surface area (Å²) in [5.41, 5.74) is 1.63. The average Bonchev–Trinajstić information content (AvgIpc) is 2.66. The van der Waals surface area contributed by atoms with Gasteiger partial charge in [0.1, 0.15) is 0 Å². The van der Waals surface area contributed by atoms with Crippen molar-refractivity contribution in [1.82, 2.24) is 9.78 Å². The van der Waals surface area contributed by atoms with Crippen LogP contribution in [0, 0.1) is 5.82 Å². The molecule has 0 bridgehead atoms. The zero-order valence-electron chi connectivity index (χ0n) is 8.81. The Balaban J connectivity index is 2.02. The summed E-state index contributed by atoms with van der Waals surface area (Å²) in [7, 11) is 1.82. The third-order valence-electron chi connectivity index (χ3n) is 2.21. The first-order chi connectivity index (χ1) is 7.65. The minimum absolute atomic E-state index is 0.329. The first kappa shape index (κ1) is 10.5. The number of halogens is 1. The Labute approximate surface area is 92.3 Å². The van der Waals surface area contributed by atoms with Gasteiger partial charge in [-0.3, -0.25) is 4.68 Å². The van der Waals surface area contributed by atoms with Gasteiger partial charge < -0.3 is 10.4 Å². The Morgan fingerprint density at radius 2 is 2.31 bits per heavy atom. The molecule has 4 nitrogen and oxygen atoms in total. The molecule has 0 unspecified atom stereocenters. The van der Waals surface area contributed by atoms with Crippen molar-refractivity contribution < 1.29 is 9.50 Å². The van der Waals surface area contributed by atoms with Gasteiger partial charge in [0.05, 0.1) is 11.9 Å². The third-order valence-corrected chi connectivity index (χ3v) is 2.21. The second-order valence-electron chi connectivity index (χ2n) is 3.54. The highest BCUT2D eigenvalue weighted by Crippen LogP contribution is 2.17. The molecule has 5 heteroatoms. The van der Waals surface area contributed by atoms with E-state index in [1.165, 1.54) is 12.1 Å². The second kappa shape index (κ2) is 4.22. The predicted molar refractivity (Wildman–Crippen MR) is 58.6 cm³/mol. The van der Waals surface area contributed by atoms with E-state index in [1.54, 1.807) is 16.9 Å². The molecule has 1 heterocycles. The lowest BCUT2D eigenvalue weighted by Gasteiger charge is -2.04. The van der Waals surface area contributed by atoms with E-state index < -0.39 is 5.82 Å². The number of nitrogens with one attached hydrogen (secondary N) is 1. The number of nitrogens with zero attached hydrogens (tertiary/aromatic N) is 2. The van der Waals surface area contributed by atoms with Crippen LogP contribution in [0.15, 0.2) is 30.6 Å². The smallest absolute Gasteiger partial charge is 0.165 e. The molecule has 0 radical (unpaired) electrons. The molecule has 0 saturated heterocycles. The maximum Gasteiger partial charge on any atom is 0.165 e. The summed E-state index contributed by atoms with van der Waals surface area (Å²) < 4.78 is 14.7. The van der Waals surface area contributed by atoms with Crippen LogP contribution in [0.2, 0.25) is 0 Å². The molecule has 0 spiro atoms. The van der Waals surface area contributed by atoms with Gasteiger partial charge in [-0.25, -0.2) is 4.39 Å². The first-order valence-corrected chi connectivity index (χ1v) is 4.85. The SMILES string of the molecule is Cn1cc(NCc2ccc(O)c(F)c2)cn1. The number of aromatic nitrogens is 2. The molecule has 0 aliphatic rings. The van der Waals surface area contributed by atoms with Crippen molar-refractivity contribution in [1.29, 1.82) is 0 Å². The highest BCUT2D eigenvalue weighted by atomic mass is 19.1. The molecular weight excluding hydrogens is 209 g/mol. The Bertz CT molecular complexity index is 496. The Morgan fingerprint density at radius 1 is 1.50 bits per heavy atom. The van der Waals surface area contributed by atoms with Gasteiger partial charge in [0.15, 0.2) is 11.6 Å². The molecule has 2 aromatic rings. The van der Waals surface area contributed by atoms with E-state index in [-0.39, 0.29) is 5.75 Å². The molecule has 2 N–H and O–H groups in total. The molecule has 2 rings (SSSR count). The van der Waals surface area contributed by atoms with Crippen molar-refractivity contribution in [2.24, 2.45) is 7.05 Å². The van der Waals surface area contributed by atoms with Gasteiger partial charge in [-0.2, -0.15) is 5.10 Å². The Kier molecular flexibility index (Phi) is 2.76. The van der Waals surface area contributed by atoms with E-state index in [4.69, 9.17) is 5.11 Å². The van der Waals surface area contributed by atoms with Gasteiger partial charge in [0.25, 0.3) is 0 Å². The van der Waals surface area contributed by atoms with E-state index >= 15 is 0 Å². The lowest BCUT2D eigenvalue weighted by atomic mass is 10.2. The molecule has 1 aromatic heterocycles. The van der Waals surface area contributed by atoms with Gasteiger partial charge in [-0.1, -0.05) is 6.07 Å². The fourth-order valence-corrected chi connectivity index (χ4v) is 1.38. The maximum absolute atomic E-state index is 13.0. The predicted octanol–water partition coefficient (Wildman–Crippen LogP) is 1.88. The summed E-state index contributed by atoms with van der Waals surface area (Å²) in [4.78, 5) is 0. The van der Waals surface area contributed by atoms with Crippen LogP contribution in [0.25, 0.3) is 0 Å². The minimum Gasteiger partial charge on any atom is -0.505 e. The summed E-state index contributed by atoms with van der Waals surface area (Å²) in [5.74, 6) is -0.935. The van der Waals surface area contributed by atoms with Crippen LogP contribution in [-0.2, 0) is 13.6 Å². The number of aryl methyl sites for hydroxylation is 1. The molecule has 16 heavy (non-hydrogen) atoms. The summed E-state index contributed by atoms with van der Waals surface area (Å²) in [6.07, 6.45) is 3.52. The summed E-state index contributed by atoms with van der Waals surface area (Å²) in [5, 5.41) is 16.1. The zero-order valence-corrected chi connectivity index (χ0v) is 8.81. The number of aromatic hydroxyl groups is 1. The molecular formula is C11H12FN3O. The Hall–Kier alpha value is -2.04. The van der Waals surface area contributed by atoms with Crippen LogP contribution in [0.5, 0.6) is 5.75 Å². The number of hydrogen-bond donors (Lipinski definition) is 2. The number of benzene rings is 1. The highest BCUT2D eigenvalue weighted by Gasteiger charge is 2.01. The number of phenols is 1. The first-order valence-electron chi connectivity index (χ1n) is 4.85. The number of rotatable bonds is 3. The van der Waals surface area contributed by atoms with Crippen LogP contribution >= 0.6 is 0 Å². The van der Waals surface area contributed by atoms with Gasteiger partial charge >= 0.3 is 0 Å². The van der Waals surface area contributed by atoms with Crippen molar-refractivity contribution >= 4 is 5.69 Å². The minimum atomic E-state index is -0.606. The molecule has 0 atom stereocenters. The highest BCUT2D eigenvalue weighted by molar-refractivity contribution is 5.39. The van der Waals surface area contributed by atoms with Crippen molar-refractivity contribution in [2.45, 2.75) is 6.54 Å². The molecule has 0 fully saturated rings. The summed E-state index contributed by atoms with van der Waals surface area (Å²) in [6.45, 7) is 0.489. The van der Waals surface area contributed by atoms with Gasteiger partial charge in [0, 0.05) is 19.8 Å². The van der Waals surface area contributed by atoms with E-state index in [1.807, 2.05) is 13.2 Å². The largest absolute Gasteiger partial charge is 0.505 e.